The number of aryl methyl sites for hydroxylation is 4. The number of fused-ring (bicyclic) bond motifs is 1. The average molecular weight is 381 g/mol. The molecular formula is C24H32N2O2. The van der Waals surface area contributed by atoms with Crippen LogP contribution in [0.3, 0.4) is 0 Å². The first-order valence-electron chi connectivity index (χ1n) is 10.1. The molecule has 28 heavy (non-hydrogen) atoms. The Balaban J connectivity index is 2.12. The highest BCUT2D eigenvalue weighted by atomic mass is 16.5. The van der Waals surface area contributed by atoms with Crippen molar-refractivity contribution in [2.24, 2.45) is 0 Å². The van der Waals surface area contributed by atoms with Crippen molar-refractivity contribution in [1.29, 1.82) is 0 Å². The predicted molar refractivity (Wildman–Crippen MR) is 116 cm³/mol. The Kier molecular flexibility index (Phi) is 6.09. The Morgan fingerprint density at radius 3 is 2.18 bits per heavy atom. The fourth-order valence-electron chi connectivity index (χ4n) is 4.15. The van der Waals surface area contributed by atoms with E-state index in [-0.39, 0.29) is 0 Å². The van der Waals surface area contributed by atoms with E-state index in [9.17, 15) is 0 Å². The second-order valence-corrected chi connectivity index (χ2v) is 7.75. The van der Waals surface area contributed by atoms with Crippen molar-refractivity contribution >= 4 is 10.9 Å². The summed E-state index contributed by atoms with van der Waals surface area (Å²) >= 11 is 0. The number of hydrogen-bond acceptors (Lipinski definition) is 3. The molecule has 0 aliphatic rings. The normalized spacial score (nSPS) is 11.6. The molecule has 0 fully saturated rings. The van der Waals surface area contributed by atoms with Crippen LogP contribution in [0.15, 0.2) is 24.4 Å². The lowest BCUT2D eigenvalue weighted by molar-refractivity contribution is 0.184. The molecule has 0 atom stereocenters. The largest absolute Gasteiger partial charge is 0.438 e. The van der Waals surface area contributed by atoms with Gasteiger partial charge in [0.15, 0.2) is 0 Å². The zero-order valence-corrected chi connectivity index (χ0v) is 18.2. The molecule has 4 heteroatoms. The molecule has 0 saturated heterocycles. The van der Waals surface area contributed by atoms with Gasteiger partial charge in [0.05, 0.1) is 17.5 Å². The van der Waals surface area contributed by atoms with Crippen LogP contribution in [0.25, 0.3) is 10.9 Å². The second kappa shape index (κ2) is 8.36. The van der Waals surface area contributed by atoms with Crippen molar-refractivity contribution in [2.75, 3.05) is 7.11 Å². The summed E-state index contributed by atoms with van der Waals surface area (Å²) < 4.78 is 14.1. The Morgan fingerprint density at radius 2 is 1.61 bits per heavy atom. The van der Waals surface area contributed by atoms with Crippen molar-refractivity contribution in [2.45, 2.75) is 67.0 Å². The summed E-state index contributed by atoms with van der Waals surface area (Å²) in [4.78, 5) is 4.76. The van der Waals surface area contributed by atoms with E-state index in [1.807, 2.05) is 6.92 Å². The summed E-state index contributed by atoms with van der Waals surface area (Å²) in [7, 11) is 1.72. The van der Waals surface area contributed by atoms with E-state index >= 15 is 0 Å². The van der Waals surface area contributed by atoms with Crippen molar-refractivity contribution < 1.29 is 9.47 Å². The van der Waals surface area contributed by atoms with E-state index in [0.717, 1.165) is 46.4 Å². The van der Waals surface area contributed by atoms with E-state index in [0.29, 0.717) is 18.5 Å². The maximum absolute atomic E-state index is 6.44. The molecule has 0 spiro atoms. The molecule has 0 aliphatic carbocycles. The second-order valence-electron chi connectivity index (χ2n) is 7.75. The first-order chi connectivity index (χ1) is 13.4. The van der Waals surface area contributed by atoms with Gasteiger partial charge < -0.3 is 14.0 Å². The SMILES string of the molecule is CCC(CC)n1cc(C)c2c(Oc3c(C)cc(COC)cc3C)nc(C)cc21. The fourth-order valence-corrected chi connectivity index (χ4v) is 4.15. The predicted octanol–water partition coefficient (Wildman–Crippen LogP) is 6.57. The molecule has 2 aromatic heterocycles. The quantitative estimate of drug-likeness (QED) is 0.465. The Hall–Kier alpha value is -2.33. The third kappa shape index (κ3) is 3.79. The highest BCUT2D eigenvalue weighted by Crippen LogP contribution is 2.37. The molecular weight excluding hydrogens is 348 g/mol. The molecule has 0 unspecified atom stereocenters. The molecule has 0 bridgehead atoms. The van der Waals surface area contributed by atoms with Crippen LogP contribution >= 0.6 is 0 Å². The summed E-state index contributed by atoms with van der Waals surface area (Å²) in [6.45, 7) is 13.4. The van der Waals surface area contributed by atoms with E-state index in [1.165, 1.54) is 11.1 Å². The number of hydrogen-bond donors (Lipinski definition) is 0. The maximum atomic E-state index is 6.44. The standard InChI is InChI=1S/C24H32N2O2/c1-8-20(9-2)26-13-17(5)22-21(26)12-18(6)25-24(22)28-23-15(3)10-19(14-27-7)11-16(23)4/h10-13,20H,8-9,14H2,1-7H3. The van der Waals surface area contributed by atoms with E-state index in [2.05, 4.69) is 63.6 Å². The topological polar surface area (TPSA) is 36.3 Å². The number of rotatable bonds is 7. The lowest BCUT2D eigenvalue weighted by Gasteiger charge is -2.17. The zero-order valence-electron chi connectivity index (χ0n) is 18.2. The average Bonchev–Trinajstić information content (AvgIpc) is 2.96. The third-order valence-corrected chi connectivity index (χ3v) is 5.46. The van der Waals surface area contributed by atoms with E-state index in [4.69, 9.17) is 14.5 Å². The summed E-state index contributed by atoms with van der Waals surface area (Å²) in [5.41, 5.74) is 6.74. The molecule has 0 saturated carbocycles. The molecule has 0 N–H and O–H groups in total. The third-order valence-electron chi connectivity index (χ3n) is 5.46. The molecule has 4 nitrogen and oxygen atoms in total. The van der Waals surface area contributed by atoms with Gasteiger partial charge in [0.2, 0.25) is 5.88 Å². The van der Waals surface area contributed by atoms with Gasteiger partial charge in [0.25, 0.3) is 0 Å². The molecule has 0 aliphatic heterocycles. The van der Waals surface area contributed by atoms with Crippen molar-refractivity contribution in [3.63, 3.8) is 0 Å². The van der Waals surface area contributed by atoms with Gasteiger partial charge in [-0.15, -0.1) is 0 Å². The zero-order chi connectivity index (χ0) is 20.4. The summed E-state index contributed by atoms with van der Waals surface area (Å²) in [5.74, 6) is 1.58. The van der Waals surface area contributed by atoms with Gasteiger partial charge in [-0.3, -0.25) is 0 Å². The number of nitrogens with zero attached hydrogens (tertiary/aromatic N) is 2. The molecule has 3 aromatic rings. The first kappa shape index (κ1) is 20.4. The number of pyridine rings is 1. The minimum absolute atomic E-state index is 0.489. The van der Waals surface area contributed by atoms with Crippen molar-refractivity contribution in [3.05, 3.63) is 52.3 Å². The van der Waals surface area contributed by atoms with Crippen molar-refractivity contribution in [1.82, 2.24) is 9.55 Å². The Morgan fingerprint density at radius 1 is 0.964 bits per heavy atom. The summed E-state index contributed by atoms with van der Waals surface area (Å²) in [6, 6.07) is 6.92. The number of benzene rings is 1. The Bertz CT molecular complexity index is 961. The van der Waals surface area contributed by atoms with E-state index in [1.54, 1.807) is 7.11 Å². The van der Waals surface area contributed by atoms with Gasteiger partial charge in [-0.2, -0.15) is 0 Å². The minimum Gasteiger partial charge on any atom is -0.438 e. The summed E-state index contributed by atoms with van der Waals surface area (Å²) in [5, 5.41) is 1.11. The van der Waals surface area contributed by atoms with Crippen LogP contribution in [0.4, 0.5) is 0 Å². The number of aromatic nitrogens is 2. The van der Waals surface area contributed by atoms with Crippen LogP contribution < -0.4 is 4.74 Å². The van der Waals surface area contributed by atoms with Gasteiger partial charge in [-0.1, -0.05) is 26.0 Å². The van der Waals surface area contributed by atoms with Gasteiger partial charge >= 0.3 is 0 Å². The number of methoxy groups -OCH3 is 1. The molecule has 0 amide bonds. The molecule has 2 heterocycles. The minimum atomic E-state index is 0.489. The van der Waals surface area contributed by atoms with Crippen LogP contribution in [0, 0.1) is 27.7 Å². The van der Waals surface area contributed by atoms with Gasteiger partial charge in [0, 0.05) is 25.0 Å². The lowest BCUT2D eigenvalue weighted by Crippen LogP contribution is -2.05. The van der Waals surface area contributed by atoms with Crippen LogP contribution in [-0.2, 0) is 11.3 Å². The van der Waals surface area contributed by atoms with Crippen molar-refractivity contribution in [3.8, 4) is 11.6 Å². The van der Waals surface area contributed by atoms with E-state index < -0.39 is 0 Å². The first-order valence-corrected chi connectivity index (χ1v) is 10.1. The monoisotopic (exact) mass is 380 g/mol. The molecule has 3 rings (SSSR count). The van der Waals surface area contributed by atoms with Crippen LogP contribution in [0.5, 0.6) is 11.6 Å². The van der Waals surface area contributed by atoms with Gasteiger partial charge in [-0.25, -0.2) is 4.98 Å². The summed E-state index contributed by atoms with van der Waals surface area (Å²) in [6.07, 6.45) is 4.46. The molecule has 1 aromatic carbocycles. The highest BCUT2D eigenvalue weighted by molar-refractivity contribution is 5.89. The smallest absolute Gasteiger partial charge is 0.229 e. The van der Waals surface area contributed by atoms with Crippen LogP contribution in [0.1, 0.15) is 60.7 Å². The van der Waals surface area contributed by atoms with Crippen LogP contribution in [0.2, 0.25) is 0 Å². The fraction of sp³-hybridized carbons (Fsp3) is 0.458. The van der Waals surface area contributed by atoms with Crippen LogP contribution in [-0.4, -0.2) is 16.7 Å². The maximum Gasteiger partial charge on any atom is 0.229 e. The highest BCUT2D eigenvalue weighted by Gasteiger charge is 2.19. The number of ether oxygens (including phenoxy) is 2. The lowest BCUT2D eigenvalue weighted by atomic mass is 10.1. The molecule has 150 valence electrons. The molecule has 0 radical (unpaired) electrons. The van der Waals surface area contributed by atoms with Gasteiger partial charge in [0.1, 0.15) is 5.75 Å². The van der Waals surface area contributed by atoms with Gasteiger partial charge in [-0.05, 0) is 68.9 Å². The Labute approximate surface area is 168 Å².